The second-order valence-electron chi connectivity index (χ2n) is 25.6. The van der Waals surface area contributed by atoms with Crippen LogP contribution in [0.4, 0.5) is 15.3 Å². The van der Waals surface area contributed by atoms with E-state index in [2.05, 4.69) is 31.9 Å². The number of nitrogens with two attached hydrogens (primary N) is 1. The van der Waals surface area contributed by atoms with E-state index in [1.807, 2.05) is 32.0 Å². The van der Waals surface area contributed by atoms with Crippen LogP contribution in [0, 0.1) is 29.6 Å². The van der Waals surface area contributed by atoms with Gasteiger partial charge in [0, 0.05) is 59.2 Å². The number of aliphatic hydroxyl groups is 1. The van der Waals surface area contributed by atoms with E-state index in [9.17, 15) is 57.8 Å². The molecule has 1 unspecified atom stereocenters. The highest BCUT2D eigenvalue weighted by atomic mass is 16.6. The number of methoxy groups -OCH3 is 2. The number of carbonyl (C=O) groups is 11. The molecule has 0 spiro atoms. The number of benzene rings is 2. The fourth-order valence-corrected chi connectivity index (χ4v) is 11.8. The number of nitrogens with one attached hydrogen (secondary N) is 6. The highest BCUT2D eigenvalue weighted by molar-refractivity contribution is 6.12. The van der Waals surface area contributed by atoms with Crippen LogP contribution < -0.4 is 37.6 Å². The van der Waals surface area contributed by atoms with Crippen molar-refractivity contribution in [2.24, 2.45) is 35.3 Å². The minimum atomic E-state index is -1.15. The number of amides is 12. The zero-order valence-corrected chi connectivity index (χ0v) is 58.3. The molecule has 9 N–H and O–H groups in total. The minimum Gasteiger partial charge on any atom is -0.445 e. The number of ether oxygens (including phenoxy) is 5. The molecule has 2 aliphatic rings. The van der Waals surface area contributed by atoms with Crippen LogP contribution in [0.15, 0.2) is 66.7 Å². The van der Waals surface area contributed by atoms with E-state index < -0.39 is 144 Å². The number of imide groups is 1. The van der Waals surface area contributed by atoms with Crippen LogP contribution in [0.1, 0.15) is 125 Å². The number of rotatable bonds is 40. The zero-order valence-electron chi connectivity index (χ0n) is 58.3. The van der Waals surface area contributed by atoms with Crippen molar-refractivity contribution in [3.05, 3.63) is 77.9 Å². The number of urea groups is 1. The Hall–Kier alpha value is -8.05. The standard InChI is InChI=1S/C68H105N11O17/c1-15-43(8)59(51(92-13)37-55(83)78-32-20-24-50(78)61(93-14)44(9)62(85)71-45(10)60(84)47-21-17-16-18-22-47)76(11)66(89)57(41(4)5)75-65(88)58(42(6)7)77(12)68(91)96-38-46-25-27-48(28-26-46)72-63(86)49(23-19-31-70-67(69)90)73-64(87)56(40(2)3)74-52(80)39-95-36-35-94-34-33-79-53(81)29-30-54(79)82/h16-18,21-22,25-30,40-45,49-51,56-61,84H,15,19-20,23-24,31-39H2,1-14H3,(H,71,85)(H,72,86)(H,73,87)(H,74,80)(H,75,88)(H3,69,70,90)/t43?,44-,45-,49+,50+,51-,56+,57+,58+,59+,60-,61-/m1/s1. The van der Waals surface area contributed by atoms with Crippen molar-refractivity contribution in [2.45, 2.75) is 175 Å². The molecule has 2 aliphatic heterocycles. The lowest BCUT2D eigenvalue weighted by Gasteiger charge is -2.41. The molecule has 12 amide bonds. The molecule has 0 saturated carbocycles. The van der Waals surface area contributed by atoms with Crippen LogP contribution in [0.3, 0.4) is 0 Å². The van der Waals surface area contributed by atoms with E-state index >= 15 is 0 Å². The first-order chi connectivity index (χ1) is 45.5. The van der Waals surface area contributed by atoms with Crippen molar-refractivity contribution in [3.63, 3.8) is 0 Å². The van der Waals surface area contributed by atoms with E-state index in [0.717, 1.165) is 4.90 Å². The van der Waals surface area contributed by atoms with Gasteiger partial charge in [0.25, 0.3) is 11.8 Å². The molecule has 534 valence electrons. The first-order valence-electron chi connectivity index (χ1n) is 33.0. The number of aliphatic hydroxyl groups excluding tert-OH is 1. The Morgan fingerprint density at radius 1 is 0.719 bits per heavy atom. The quantitative estimate of drug-likeness (QED) is 0.0349. The van der Waals surface area contributed by atoms with E-state index in [1.165, 1.54) is 38.3 Å². The summed E-state index contributed by atoms with van der Waals surface area (Å²) >= 11 is 0. The smallest absolute Gasteiger partial charge is 0.410 e. The Morgan fingerprint density at radius 3 is 1.94 bits per heavy atom. The van der Waals surface area contributed by atoms with Gasteiger partial charge in [-0.1, -0.05) is 111 Å². The van der Waals surface area contributed by atoms with Crippen molar-refractivity contribution >= 4 is 71.0 Å². The van der Waals surface area contributed by atoms with Gasteiger partial charge in [-0.15, -0.1) is 0 Å². The predicted octanol–water partition coefficient (Wildman–Crippen LogP) is 3.55. The maximum Gasteiger partial charge on any atom is 0.410 e. The Balaban J connectivity index is 1.36. The number of likely N-dealkylation sites (N-methyl/N-ethyl adjacent to an activating group) is 2. The molecule has 1 saturated heterocycles. The molecule has 1 fully saturated rings. The summed E-state index contributed by atoms with van der Waals surface area (Å²) in [6.07, 6.45) is 1.19. The first-order valence-corrected chi connectivity index (χ1v) is 33.0. The molecule has 0 radical (unpaired) electrons. The number of carbonyl (C=O) groups excluding carboxylic acids is 11. The average molecular weight is 1350 g/mol. The summed E-state index contributed by atoms with van der Waals surface area (Å²) in [7, 11) is 6.06. The summed E-state index contributed by atoms with van der Waals surface area (Å²) in [6.45, 7) is 18.0. The second-order valence-corrected chi connectivity index (χ2v) is 25.6. The third kappa shape index (κ3) is 23.9. The fraction of sp³-hybridized carbons (Fsp3) is 0.632. The maximum atomic E-state index is 14.8. The lowest BCUT2D eigenvalue weighted by Crippen LogP contribution is -2.60. The van der Waals surface area contributed by atoms with Gasteiger partial charge in [0.2, 0.25) is 41.4 Å². The normalized spacial score (nSPS) is 17.3. The molecule has 2 heterocycles. The van der Waals surface area contributed by atoms with Crippen molar-refractivity contribution in [2.75, 3.05) is 79.7 Å². The molecule has 28 nitrogen and oxygen atoms in total. The van der Waals surface area contributed by atoms with Gasteiger partial charge in [0.1, 0.15) is 37.4 Å². The molecule has 0 aromatic heterocycles. The Kier molecular flexibility index (Phi) is 33.4. The van der Waals surface area contributed by atoms with Crippen LogP contribution in [0.25, 0.3) is 0 Å². The van der Waals surface area contributed by atoms with Gasteiger partial charge < -0.3 is 76.2 Å². The van der Waals surface area contributed by atoms with Crippen LogP contribution >= 0.6 is 0 Å². The maximum absolute atomic E-state index is 14.8. The highest BCUT2D eigenvalue weighted by Gasteiger charge is 2.44. The summed E-state index contributed by atoms with van der Waals surface area (Å²) in [5.41, 5.74) is 6.73. The van der Waals surface area contributed by atoms with Gasteiger partial charge in [-0.25, -0.2) is 9.59 Å². The average Bonchev–Trinajstić information content (AvgIpc) is 1.48. The molecule has 2 aromatic carbocycles. The summed E-state index contributed by atoms with van der Waals surface area (Å²) in [5, 5.41) is 27.4. The molecular weight excluding hydrogens is 1240 g/mol. The number of likely N-dealkylation sites (tertiary alicyclic amines) is 1. The highest BCUT2D eigenvalue weighted by Crippen LogP contribution is 2.31. The topological polar surface area (TPSA) is 365 Å². The number of primary amides is 1. The van der Waals surface area contributed by atoms with Gasteiger partial charge in [-0.3, -0.25) is 53.0 Å². The third-order valence-corrected chi connectivity index (χ3v) is 17.5. The number of hydrogen-bond donors (Lipinski definition) is 8. The van der Waals surface area contributed by atoms with Crippen LogP contribution in [0.5, 0.6) is 0 Å². The largest absolute Gasteiger partial charge is 0.445 e. The zero-order chi connectivity index (χ0) is 71.5. The molecule has 28 heteroatoms. The molecule has 12 atom stereocenters. The number of nitrogens with zero attached hydrogens (tertiary/aromatic N) is 4. The van der Waals surface area contributed by atoms with Crippen molar-refractivity contribution < 1.29 is 81.5 Å². The Bertz CT molecular complexity index is 2920. The molecule has 0 aliphatic carbocycles. The van der Waals surface area contributed by atoms with Gasteiger partial charge in [0.15, 0.2) is 0 Å². The van der Waals surface area contributed by atoms with Crippen LogP contribution in [0.2, 0.25) is 0 Å². The predicted molar refractivity (Wildman–Crippen MR) is 357 cm³/mol. The third-order valence-electron chi connectivity index (χ3n) is 17.5. The Labute approximate surface area is 564 Å². The van der Waals surface area contributed by atoms with E-state index in [-0.39, 0.29) is 76.5 Å². The summed E-state index contributed by atoms with van der Waals surface area (Å²) in [4.78, 5) is 152. The second kappa shape index (κ2) is 39.9. The summed E-state index contributed by atoms with van der Waals surface area (Å²) in [5.74, 6) is -6.52. The van der Waals surface area contributed by atoms with Crippen LogP contribution in [-0.2, 0) is 73.4 Å². The van der Waals surface area contributed by atoms with Gasteiger partial charge in [-0.2, -0.15) is 0 Å². The lowest BCUT2D eigenvalue weighted by molar-refractivity contribution is -0.148. The molecule has 2 aromatic rings. The van der Waals surface area contributed by atoms with Crippen molar-refractivity contribution in [3.8, 4) is 0 Å². The van der Waals surface area contributed by atoms with Crippen LogP contribution in [-0.4, -0.2) is 219 Å². The van der Waals surface area contributed by atoms with E-state index in [4.69, 9.17) is 29.4 Å². The van der Waals surface area contributed by atoms with E-state index in [1.54, 1.807) is 109 Å². The van der Waals surface area contributed by atoms with Crippen molar-refractivity contribution in [1.29, 1.82) is 0 Å². The summed E-state index contributed by atoms with van der Waals surface area (Å²) < 4.78 is 28.5. The Morgan fingerprint density at radius 2 is 1.35 bits per heavy atom. The molecule has 4 rings (SSSR count). The number of hydrogen-bond acceptors (Lipinski definition) is 17. The molecular formula is C68H105N11O17. The molecule has 96 heavy (non-hydrogen) atoms. The van der Waals surface area contributed by atoms with Gasteiger partial charge >= 0.3 is 12.1 Å². The summed E-state index contributed by atoms with van der Waals surface area (Å²) in [6, 6.07) is 8.53. The van der Waals surface area contributed by atoms with Crippen molar-refractivity contribution in [1.82, 2.24) is 46.2 Å². The number of anilines is 1. The van der Waals surface area contributed by atoms with Gasteiger partial charge in [-0.05, 0) is 79.5 Å². The minimum absolute atomic E-state index is 0.00291. The SMILES string of the molecule is CCC(C)[C@@H]([C@@H](CC(=O)N1CCC[C@H]1[C@H](OC)[C@@H](C)C(=O)N[C@H](C)[C@@H](O)c1ccccc1)OC)N(C)C(=O)[C@@H](NC(=O)[C@H](C(C)C)N(C)C(=O)OCc1ccc(NC(=O)[C@H](CCCNC(N)=O)NC(=O)[C@@H](NC(=O)COCCOCCN2C(=O)C=CC2=O)C(C)C)cc1)C(C)C. The van der Waals surface area contributed by atoms with Gasteiger partial charge in [0.05, 0.1) is 75.1 Å². The fourth-order valence-electron chi connectivity index (χ4n) is 11.8. The lowest BCUT2D eigenvalue weighted by atomic mass is 9.89. The monoisotopic (exact) mass is 1350 g/mol. The first kappa shape index (κ1) is 80.4. The van der Waals surface area contributed by atoms with E-state index in [0.29, 0.717) is 42.6 Å². The molecule has 0 bridgehead atoms.